The number of azide groups is 1. The highest BCUT2D eigenvalue weighted by Gasteiger charge is 2.14. The minimum atomic E-state index is -0.607. The van der Waals surface area contributed by atoms with E-state index in [4.69, 9.17) is 17.1 Å². The van der Waals surface area contributed by atoms with E-state index in [2.05, 4.69) is 15.0 Å². The number of amides is 1. The number of alkyl halides is 1. The highest BCUT2D eigenvalue weighted by molar-refractivity contribution is 6.17. The fourth-order valence-electron chi connectivity index (χ4n) is 1.19. The van der Waals surface area contributed by atoms with Gasteiger partial charge in [-0.05, 0) is 35.6 Å². The fourth-order valence-corrected chi connectivity index (χ4v) is 1.46. The summed E-state index contributed by atoms with van der Waals surface area (Å²) < 4.78 is 0. The van der Waals surface area contributed by atoms with E-state index in [1.54, 1.807) is 6.92 Å². The number of carbonyl (C=O) groups excluding carboxylic acids is 1. The SMILES string of the molecule is Cc1c(CCl)[nH]c(C(=O)N=[N+]=[N-])c1C. The number of aromatic amines is 1. The molecule has 0 atom stereocenters. The van der Waals surface area contributed by atoms with Crippen molar-refractivity contribution < 1.29 is 4.79 Å². The average Bonchev–Trinajstić information content (AvgIpc) is 2.44. The largest absolute Gasteiger partial charge is 0.354 e. The zero-order valence-corrected chi connectivity index (χ0v) is 8.59. The Morgan fingerprint density at radius 3 is 2.64 bits per heavy atom. The molecule has 0 saturated carbocycles. The van der Waals surface area contributed by atoms with Gasteiger partial charge < -0.3 is 4.98 Å². The molecule has 1 heterocycles. The number of hydrogen-bond donors (Lipinski definition) is 1. The van der Waals surface area contributed by atoms with Gasteiger partial charge in [0.05, 0.1) is 11.6 Å². The summed E-state index contributed by atoms with van der Waals surface area (Å²) in [5, 5.41) is 3.01. The smallest absolute Gasteiger partial charge is 0.265 e. The van der Waals surface area contributed by atoms with Crippen LogP contribution in [0.2, 0.25) is 0 Å². The molecule has 0 spiro atoms. The van der Waals surface area contributed by atoms with Crippen LogP contribution in [0.5, 0.6) is 0 Å². The van der Waals surface area contributed by atoms with Crippen molar-refractivity contribution in [1.29, 1.82) is 0 Å². The third-order valence-electron chi connectivity index (χ3n) is 2.15. The Morgan fingerprint density at radius 2 is 2.21 bits per heavy atom. The molecule has 1 N–H and O–H groups in total. The Bertz CT molecular complexity index is 417. The normalized spacial score (nSPS) is 9.64. The second kappa shape index (κ2) is 4.17. The van der Waals surface area contributed by atoms with Crippen LogP contribution in [0.4, 0.5) is 0 Å². The summed E-state index contributed by atoms with van der Waals surface area (Å²) in [6.07, 6.45) is 0. The summed E-state index contributed by atoms with van der Waals surface area (Å²) in [5.74, 6) is -0.305. The molecule has 0 aliphatic heterocycles. The number of H-pyrrole nitrogens is 1. The fraction of sp³-hybridized carbons (Fsp3) is 0.375. The first-order valence-electron chi connectivity index (χ1n) is 3.95. The van der Waals surface area contributed by atoms with Crippen molar-refractivity contribution in [2.45, 2.75) is 19.7 Å². The maximum Gasteiger partial charge on any atom is 0.265 e. The first kappa shape index (κ1) is 10.6. The van der Waals surface area contributed by atoms with Gasteiger partial charge in [0, 0.05) is 10.6 Å². The van der Waals surface area contributed by atoms with Gasteiger partial charge in [-0.25, -0.2) is 0 Å². The number of carbonyl (C=O) groups is 1. The van der Waals surface area contributed by atoms with Crippen molar-refractivity contribution in [2.75, 3.05) is 0 Å². The summed E-state index contributed by atoms with van der Waals surface area (Å²) in [4.78, 5) is 16.5. The number of nitrogens with one attached hydrogen (secondary N) is 1. The van der Waals surface area contributed by atoms with Crippen LogP contribution in [-0.4, -0.2) is 10.9 Å². The number of hydrogen-bond acceptors (Lipinski definition) is 1. The molecule has 0 aliphatic carbocycles. The van der Waals surface area contributed by atoms with Gasteiger partial charge in [-0.2, -0.15) is 0 Å². The van der Waals surface area contributed by atoms with E-state index < -0.39 is 5.91 Å². The summed E-state index contributed by atoms with van der Waals surface area (Å²) in [6, 6.07) is 0. The van der Waals surface area contributed by atoms with E-state index in [0.717, 1.165) is 16.8 Å². The molecule has 0 unspecified atom stereocenters. The van der Waals surface area contributed by atoms with Gasteiger partial charge in [-0.15, -0.1) is 11.6 Å². The van der Waals surface area contributed by atoms with Gasteiger partial charge in [0.25, 0.3) is 5.91 Å². The molecular formula is C8H9ClN4O. The molecule has 1 amide bonds. The monoisotopic (exact) mass is 212 g/mol. The number of nitrogens with zero attached hydrogens (tertiary/aromatic N) is 3. The third-order valence-corrected chi connectivity index (χ3v) is 2.42. The van der Waals surface area contributed by atoms with Crippen LogP contribution < -0.4 is 0 Å². The van der Waals surface area contributed by atoms with Crippen molar-refractivity contribution in [3.05, 3.63) is 33.0 Å². The molecule has 1 rings (SSSR count). The van der Waals surface area contributed by atoms with Crippen LogP contribution in [0, 0.1) is 13.8 Å². The summed E-state index contributed by atoms with van der Waals surface area (Å²) in [5.41, 5.74) is 10.9. The number of aromatic nitrogens is 1. The average molecular weight is 213 g/mol. The van der Waals surface area contributed by atoms with E-state index in [1.165, 1.54) is 0 Å². The first-order valence-corrected chi connectivity index (χ1v) is 4.48. The van der Waals surface area contributed by atoms with Gasteiger partial charge in [0.15, 0.2) is 0 Å². The number of rotatable bonds is 2. The van der Waals surface area contributed by atoms with Crippen LogP contribution >= 0.6 is 11.6 Å². The first-order chi connectivity index (χ1) is 6.61. The van der Waals surface area contributed by atoms with E-state index in [1.807, 2.05) is 6.92 Å². The molecule has 0 saturated heterocycles. The van der Waals surface area contributed by atoms with Crippen molar-refractivity contribution in [1.82, 2.24) is 4.98 Å². The molecule has 0 bridgehead atoms. The molecule has 14 heavy (non-hydrogen) atoms. The van der Waals surface area contributed by atoms with Crippen LogP contribution in [0.1, 0.15) is 27.3 Å². The predicted molar refractivity (Wildman–Crippen MR) is 53.3 cm³/mol. The van der Waals surface area contributed by atoms with Crippen LogP contribution in [0.3, 0.4) is 0 Å². The van der Waals surface area contributed by atoms with E-state index in [0.29, 0.717) is 11.6 Å². The molecule has 0 fully saturated rings. The molecule has 1 aromatic heterocycles. The summed E-state index contributed by atoms with van der Waals surface area (Å²) in [6.45, 7) is 3.64. The topological polar surface area (TPSA) is 81.6 Å². The highest BCUT2D eigenvalue weighted by Crippen LogP contribution is 2.19. The minimum absolute atomic E-state index is 0.302. The zero-order chi connectivity index (χ0) is 10.7. The molecule has 0 aromatic carbocycles. The van der Waals surface area contributed by atoms with E-state index >= 15 is 0 Å². The Hall–Kier alpha value is -1.45. The van der Waals surface area contributed by atoms with Gasteiger partial charge in [-0.3, -0.25) is 4.79 Å². The Kier molecular flexibility index (Phi) is 3.17. The Balaban J connectivity index is 3.22. The van der Waals surface area contributed by atoms with Gasteiger partial charge in [0.1, 0.15) is 0 Å². The van der Waals surface area contributed by atoms with Gasteiger partial charge >= 0.3 is 0 Å². The maximum absolute atomic E-state index is 11.3. The second-order valence-corrected chi connectivity index (χ2v) is 3.12. The third kappa shape index (κ3) is 1.73. The predicted octanol–water partition coefficient (Wildman–Crippen LogP) is 2.82. The molecular weight excluding hydrogens is 204 g/mol. The van der Waals surface area contributed by atoms with Crippen LogP contribution in [-0.2, 0) is 5.88 Å². The number of halogens is 1. The second-order valence-electron chi connectivity index (χ2n) is 2.86. The molecule has 0 aliphatic rings. The quantitative estimate of drug-likeness (QED) is 0.348. The van der Waals surface area contributed by atoms with Gasteiger partial charge in [0.2, 0.25) is 0 Å². The standard InChI is InChI=1S/C8H9ClN4O/c1-4-5(2)7(8(14)12-13-10)11-6(4)3-9/h11H,3H2,1-2H3. The Morgan fingerprint density at radius 1 is 1.57 bits per heavy atom. The summed E-state index contributed by atoms with van der Waals surface area (Å²) >= 11 is 5.65. The van der Waals surface area contributed by atoms with Gasteiger partial charge in [-0.1, -0.05) is 0 Å². The minimum Gasteiger partial charge on any atom is -0.354 e. The summed E-state index contributed by atoms with van der Waals surface area (Å²) in [7, 11) is 0. The highest BCUT2D eigenvalue weighted by atomic mass is 35.5. The lowest BCUT2D eigenvalue weighted by Crippen LogP contribution is -1.96. The lowest BCUT2D eigenvalue weighted by Gasteiger charge is -1.91. The van der Waals surface area contributed by atoms with E-state index in [9.17, 15) is 4.79 Å². The molecule has 5 nitrogen and oxygen atoms in total. The van der Waals surface area contributed by atoms with E-state index in [-0.39, 0.29) is 0 Å². The Labute approximate surface area is 85.7 Å². The molecule has 6 heteroatoms. The molecule has 1 aromatic rings. The lowest BCUT2D eigenvalue weighted by atomic mass is 10.1. The van der Waals surface area contributed by atoms with Crippen molar-refractivity contribution in [2.24, 2.45) is 5.11 Å². The van der Waals surface area contributed by atoms with Crippen molar-refractivity contribution in [3.8, 4) is 0 Å². The molecule has 0 radical (unpaired) electrons. The van der Waals surface area contributed by atoms with Crippen LogP contribution in [0.25, 0.3) is 10.4 Å². The maximum atomic E-state index is 11.3. The van der Waals surface area contributed by atoms with Crippen LogP contribution in [0.15, 0.2) is 5.11 Å². The zero-order valence-electron chi connectivity index (χ0n) is 7.83. The van der Waals surface area contributed by atoms with Crippen molar-refractivity contribution >= 4 is 17.5 Å². The van der Waals surface area contributed by atoms with Crippen molar-refractivity contribution in [3.63, 3.8) is 0 Å². The molecule has 74 valence electrons. The lowest BCUT2D eigenvalue weighted by molar-refractivity contribution is 0.0995.